The predicted molar refractivity (Wildman–Crippen MR) is 102 cm³/mol. The first-order valence-corrected chi connectivity index (χ1v) is 9.48. The molecule has 5 heteroatoms. The molecule has 2 unspecified atom stereocenters. The zero-order valence-corrected chi connectivity index (χ0v) is 14.9. The van der Waals surface area contributed by atoms with Crippen LogP contribution in [0.4, 0.5) is 5.82 Å². The molecule has 1 aromatic carbocycles. The van der Waals surface area contributed by atoms with Gasteiger partial charge in [-0.2, -0.15) is 5.26 Å². The quantitative estimate of drug-likeness (QED) is 0.890. The summed E-state index contributed by atoms with van der Waals surface area (Å²) in [4.78, 5) is 6.76. The minimum absolute atomic E-state index is 0.495. The lowest BCUT2D eigenvalue weighted by Crippen LogP contribution is -2.45. The summed E-state index contributed by atoms with van der Waals surface area (Å²) >= 11 is 0. The van der Waals surface area contributed by atoms with Gasteiger partial charge in [-0.15, -0.1) is 0 Å². The summed E-state index contributed by atoms with van der Waals surface area (Å²) in [5.41, 5.74) is 8.84. The third-order valence-electron chi connectivity index (χ3n) is 5.70. The Kier molecular flexibility index (Phi) is 5.14. The van der Waals surface area contributed by atoms with Crippen LogP contribution in [-0.2, 0) is 6.42 Å². The van der Waals surface area contributed by atoms with Gasteiger partial charge in [0.2, 0.25) is 0 Å². The van der Waals surface area contributed by atoms with E-state index in [1.807, 2.05) is 12.1 Å². The number of hydrogen-bond acceptors (Lipinski definition) is 5. The Bertz CT molecular complexity index is 761. The molecule has 5 nitrogen and oxygen atoms in total. The molecule has 26 heavy (non-hydrogen) atoms. The van der Waals surface area contributed by atoms with E-state index < -0.39 is 0 Å². The van der Waals surface area contributed by atoms with Crippen molar-refractivity contribution in [3.05, 3.63) is 59.8 Å². The molecule has 134 valence electrons. The van der Waals surface area contributed by atoms with Gasteiger partial charge in [0.05, 0.1) is 0 Å². The van der Waals surface area contributed by atoms with Crippen molar-refractivity contribution in [3.63, 3.8) is 0 Å². The van der Waals surface area contributed by atoms with Crippen LogP contribution in [0.3, 0.4) is 0 Å². The Morgan fingerprint density at radius 2 is 1.88 bits per heavy atom. The number of piperidine rings is 1. The number of rotatable bonds is 4. The van der Waals surface area contributed by atoms with Crippen molar-refractivity contribution in [3.8, 4) is 6.07 Å². The lowest BCUT2D eigenvalue weighted by Gasteiger charge is -2.37. The first kappa shape index (κ1) is 17.0. The average Bonchev–Trinajstić information content (AvgIpc) is 3.17. The molecule has 2 atom stereocenters. The Balaban J connectivity index is 1.37. The van der Waals surface area contributed by atoms with E-state index in [9.17, 15) is 0 Å². The van der Waals surface area contributed by atoms with Gasteiger partial charge in [0.25, 0.3) is 0 Å². The SMILES string of the molecule is N#Cc1cccc(N2CCC(C3NNCC3Cc3ccccc3)CC2)n1. The Morgan fingerprint density at radius 3 is 2.65 bits per heavy atom. The smallest absolute Gasteiger partial charge is 0.142 e. The third kappa shape index (κ3) is 3.72. The summed E-state index contributed by atoms with van der Waals surface area (Å²) in [6.45, 7) is 3.04. The fourth-order valence-electron chi connectivity index (χ4n) is 4.32. The third-order valence-corrected chi connectivity index (χ3v) is 5.70. The first-order valence-electron chi connectivity index (χ1n) is 9.48. The van der Waals surface area contributed by atoms with E-state index in [4.69, 9.17) is 5.26 Å². The summed E-state index contributed by atoms with van der Waals surface area (Å²) in [6.07, 6.45) is 3.43. The van der Waals surface area contributed by atoms with E-state index in [1.165, 1.54) is 5.56 Å². The van der Waals surface area contributed by atoms with Crippen molar-refractivity contribution in [1.29, 1.82) is 5.26 Å². The molecule has 4 rings (SSSR count). The van der Waals surface area contributed by atoms with Crippen molar-refractivity contribution >= 4 is 5.82 Å². The molecule has 2 N–H and O–H groups in total. The Labute approximate surface area is 155 Å². The topological polar surface area (TPSA) is 64.0 Å². The molecule has 3 heterocycles. The number of benzene rings is 1. The van der Waals surface area contributed by atoms with E-state index in [0.29, 0.717) is 23.6 Å². The van der Waals surface area contributed by atoms with Crippen LogP contribution in [0.25, 0.3) is 0 Å². The predicted octanol–water partition coefficient (Wildman–Crippen LogP) is 2.50. The molecule has 2 aliphatic heterocycles. The number of nitrogens with zero attached hydrogens (tertiary/aromatic N) is 3. The van der Waals surface area contributed by atoms with Gasteiger partial charge < -0.3 is 4.90 Å². The van der Waals surface area contributed by atoms with Gasteiger partial charge in [-0.1, -0.05) is 36.4 Å². The largest absolute Gasteiger partial charge is 0.357 e. The Morgan fingerprint density at radius 1 is 1.08 bits per heavy atom. The highest BCUT2D eigenvalue weighted by Crippen LogP contribution is 2.30. The van der Waals surface area contributed by atoms with Crippen LogP contribution < -0.4 is 15.8 Å². The van der Waals surface area contributed by atoms with Crippen molar-refractivity contribution in [2.24, 2.45) is 11.8 Å². The number of nitriles is 1. The second-order valence-electron chi connectivity index (χ2n) is 7.32. The monoisotopic (exact) mass is 347 g/mol. The zero-order valence-electron chi connectivity index (χ0n) is 14.9. The van der Waals surface area contributed by atoms with E-state index in [2.05, 4.69) is 57.1 Å². The van der Waals surface area contributed by atoms with E-state index >= 15 is 0 Å². The second-order valence-corrected chi connectivity index (χ2v) is 7.32. The number of hydrogen-bond donors (Lipinski definition) is 2. The van der Waals surface area contributed by atoms with Crippen LogP contribution in [0.15, 0.2) is 48.5 Å². The summed E-state index contributed by atoms with van der Waals surface area (Å²) in [6, 6.07) is 19.1. The molecule has 2 aliphatic rings. The van der Waals surface area contributed by atoms with Gasteiger partial charge in [0, 0.05) is 25.7 Å². The second kappa shape index (κ2) is 7.86. The fraction of sp³-hybridized carbons (Fsp3) is 0.429. The highest BCUT2D eigenvalue weighted by atomic mass is 15.4. The van der Waals surface area contributed by atoms with Crippen molar-refractivity contribution < 1.29 is 0 Å². The number of hydrazine groups is 1. The van der Waals surface area contributed by atoms with Gasteiger partial charge in [0.15, 0.2) is 0 Å². The molecule has 1 aromatic heterocycles. The molecular weight excluding hydrogens is 322 g/mol. The standard InChI is InChI=1S/C21H25N5/c22-14-19-7-4-8-20(24-19)26-11-9-17(10-12-26)21-18(15-23-25-21)13-16-5-2-1-3-6-16/h1-8,17-18,21,23,25H,9-13,15H2. The van der Waals surface area contributed by atoms with Crippen molar-refractivity contribution in [2.45, 2.75) is 25.3 Å². The maximum absolute atomic E-state index is 9.05. The van der Waals surface area contributed by atoms with Crippen molar-refractivity contribution in [2.75, 3.05) is 24.5 Å². The molecular formula is C21H25N5. The molecule has 2 fully saturated rings. The molecule has 0 radical (unpaired) electrons. The summed E-state index contributed by atoms with van der Waals surface area (Å²) in [7, 11) is 0. The highest BCUT2D eigenvalue weighted by Gasteiger charge is 2.35. The van der Waals surface area contributed by atoms with Crippen LogP contribution in [0.2, 0.25) is 0 Å². The van der Waals surface area contributed by atoms with Gasteiger partial charge >= 0.3 is 0 Å². The van der Waals surface area contributed by atoms with Crippen LogP contribution in [-0.4, -0.2) is 30.7 Å². The van der Waals surface area contributed by atoms with Crippen LogP contribution in [0, 0.1) is 23.2 Å². The van der Waals surface area contributed by atoms with E-state index in [0.717, 1.165) is 44.7 Å². The van der Waals surface area contributed by atoms with Crippen LogP contribution in [0.1, 0.15) is 24.1 Å². The van der Waals surface area contributed by atoms with Gasteiger partial charge in [-0.25, -0.2) is 4.98 Å². The number of nitrogens with one attached hydrogen (secondary N) is 2. The minimum atomic E-state index is 0.495. The molecule has 0 amide bonds. The van der Waals surface area contributed by atoms with Crippen LogP contribution in [0.5, 0.6) is 0 Å². The zero-order chi connectivity index (χ0) is 17.8. The van der Waals surface area contributed by atoms with Gasteiger partial charge in [-0.3, -0.25) is 10.9 Å². The molecule has 2 saturated heterocycles. The van der Waals surface area contributed by atoms with Crippen molar-refractivity contribution in [1.82, 2.24) is 15.8 Å². The number of aromatic nitrogens is 1. The maximum Gasteiger partial charge on any atom is 0.142 e. The molecule has 0 bridgehead atoms. The maximum atomic E-state index is 9.05. The first-order chi connectivity index (χ1) is 12.8. The lowest BCUT2D eigenvalue weighted by molar-refractivity contribution is 0.267. The summed E-state index contributed by atoms with van der Waals surface area (Å²) in [5, 5.41) is 9.05. The summed E-state index contributed by atoms with van der Waals surface area (Å²) in [5.74, 6) is 2.24. The molecule has 0 spiro atoms. The lowest BCUT2D eigenvalue weighted by atomic mass is 9.81. The van der Waals surface area contributed by atoms with E-state index in [1.54, 1.807) is 6.07 Å². The molecule has 2 aromatic rings. The number of pyridine rings is 1. The molecule has 0 aliphatic carbocycles. The highest BCUT2D eigenvalue weighted by molar-refractivity contribution is 5.42. The van der Waals surface area contributed by atoms with Gasteiger partial charge in [-0.05, 0) is 48.8 Å². The normalized spacial score (nSPS) is 23.7. The fourth-order valence-corrected chi connectivity index (χ4v) is 4.32. The Hall–Kier alpha value is -2.42. The summed E-state index contributed by atoms with van der Waals surface area (Å²) < 4.78 is 0. The number of anilines is 1. The molecule has 0 saturated carbocycles. The van der Waals surface area contributed by atoms with E-state index in [-0.39, 0.29) is 0 Å². The minimum Gasteiger partial charge on any atom is -0.357 e. The van der Waals surface area contributed by atoms with Gasteiger partial charge in [0.1, 0.15) is 17.6 Å². The van der Waals surface area contributed by atoms with Crippen LogP contribution >= 0.6 is 0 Å². The average molecular weight is 347 g/mol.